The van der Waals surface area contributed by atoms with Gasteiger partial charge in [-0.1, -0.05) is 64.7 Å². The summed E-state index contributed by atoms with van der Waals surface area (Å²) in [6, 6.07) is 1.09. The highest BCUT2D eigenvalue weighted by Gasteiger charge is 2.06. The van der Waals surface area contributed by atoms with Gasteiger partial charge in [0.15, 0.2) is 5.88 Å². The first kappa shape index (κ1) is 18.5. The molecule has 126 valence electrons. The first-order valence-corrected chi connectivity index (χ1v) is 8.57. The fourth-order valence-electron chi connectivity index (χ4n) is 2.62. The minimum absolute atomic E-state index is 0.283. The third-order valence-corrected chi connectivity index (χ3v) is 4.12. The normalized spacial score (nSPS) is 11.0. The molecule has 1 aromatic rings. The first-order valence-electron chi connectivity index (χ1n) is 8.57. The summed E-state index contributed by atoms with van der Waals surface area (Å²) in [5.41, 5.74) is -0.863. The monoisotopic (exact) mass is 310 g/mol. The van der Waals surface area contributed by atoms with Crippen LogP contribution in [0.15, 0.2) is 15.7 Å². The van der Waals surface area contributed by atoms with Crippen molar-refractivity contribution < 1.29 is 5.11 Å². The van der Waals surface area contributed by atoms with Crippen LogP contribution >= 0.6 is 0 Å². The molecule has 1 N–H and O–H groups in total. The van der Waals surface area contributed by atoms with E-state index in [0.29, 0.717) is 6.54 Å². The van der Waals surface area contributed by atoms with Crippen molar-refractivity contribution in [1.29, 1.82) is 0 Å². The summed E-state index contributed by atoms with van der Waals surface area (Å²) in [6.45, 7) is 2.66. The first-order chi connectivity index (χ1) is 10.6. The number of unbranched alkanes of at least 4 members (excludes halogenated alkanes) is 9. The maximum atomic E-state index is 11.9. The van der Waals surface area contributed by atoms with Gasteiger partial charge in [-0.25, -0.2) is 4.79 Å². The van der Waals surface area contributed by atoms with E-state index in [0.717, 1.165) is 29.9 Å². The topological polar surface area (TPSA) is 64.2 Å². The van der Waals surface area contributed by atoms with Gasteiger partial charge < -0.3 is 5.11 Å². The van der Waals surface area contributed by atoms with Crippen molar-refractivity contribution in [1.82, 2.24) is 9.13 Å². The Morgan fingerprint density at radius 2 is 1.41 bits per heavy atom. The molecular formula is C17H30N2O3. The van der Waals surface area contributed by atoms with Crippen molar-refractivity contribution in [3.05, 3.63) is 26.9 Å². The van der Waals surface area contributed by atoms with Gasteiger partial charge in [-0.3, -0.25) is 13.9 Å². The Balaban J connectivity index is 2.19. The maximum absolute atomic E-state index is 11.9. The average molecular weight is 310 g/mol. The molecule has 0 atom stereocenters. The van der Waals surface area contributed by atoms with E-state index >= 15 is 0 Å². The van der Waals surface area contributed by atoms with Gasteiger partial charge in [-0.2, -0.15) is 0 Å². The molecule has 22 heavy (non-hydrogen) atoms. The van der Waals surface area contributed by atoms with Crippen LogP contribution in [0.5, 0.6) is 5.88 Å². The van der Waals surface area contributed by atoms with Crippen LogP contribution in [0.1, 0.15) is 71.1 Å². The van der Waals surface area contributed by atoms with Gasteiger partial charge in [0, 0.05) is 13.6 Å². The van der Waals surface area contributed by atoms with Gasteiger partial charge in [0.1, 0.15) is 0 Å². The molecule has 1 heterocycles. The lowest BCUT2D eigenvalue weighted by atomic mass is 10.1. The molecule has 0 radical (unpaired) electrons. The van der Waals surface area contributed by atoms with Crippen LogP contribution in [0.3, 0.4) is 0 Å². The van der Waals surface area contributed by atoms with Crippen LogP contribution in [-0.4, -0.2) is 14.2 Å². The van der Waals surface area contributed by atoms with Gasteiger partial charge in [0.25, 0.3) is 5.56 Å². The summed E-state index contributed by atoms with van der Waals surface area (Å²) in [6.07, 6.45) is 12.2. The van der Waals surface area contributed by atoms with Gasteiger partial charge in [-0.05, 0) is 6.42 Å². The number of hydrogen-bond acceptors (Lipinski definition) is 3. The molecule has 0 aliphatic rings. The van der Waals surface area contributed by atoms with Gasteiger partial charge >= 0.3 is 5.69 Å². The van der Waals surface area contributed by atoms with Crippen LogP contribution in [0.25, 0.3) is 0 Å². The molecule has 5 heteroatoms. The van der Waals surface area contributed by atoms with E-state index in [4.69, 9.17) is 0 Å². The lowest BCUT2D eigenvalue weighted by molar-refractivity contribution is 0.404. The smallest absolute Gasteiger partial charge is 0.333 e. The van der Waals surface area contributed by atoms with Crippen molar-refractivity contribution in [3.63, 3.8) is 0 Å². The van der Waals surface area contributed by atoms with E-state index < -0.39 is 11.2 Å². The molecular weight excluding hydrogens is 280 g/mol. The molecule has 0 fully saturated rings. The second-order valence-electron chi connectivity index (χ2n) is 6.02. The van der Waals surface area contributed by atoms with Crippen molar-refractivity contribution in [2.75, 3.05) is 0 Å². The summed E-state index contributed by atoms with van der Waals surface area (Å²) >= 11 is 0. The molecule has 0 spiro atoms. The minimum Gasteiger partial charge on any atom is -0.494 e. The van der Waals surface area contributed by atoms with Gasteiger partial charge in [0.2, 0.25) is 0 Å². The molecule has 0 bridgehead atoms. The summed E-state index contributed by atoms with van der Waals surface area (Å²) in [5.74, 6) is -0.283. The number of hydrogen-bond donors (Lipinski definition) is 1. The Bertz CT molecular complexity index is 546. The fraction of sp³-hybridized carbons (Fsp3) is 0.765. The van der Waals surface area contributed by atoms with Crippen LogP contribution in [0.2, 0.25) is 0 Å². The lowest BCUT2D eigenvalue weighted by Gasteiger charge is -2.08. The maximum Gasteiger partial charge on any atom is 0.333 e. The standard InChI is InChI=1S/C17H30N2O3/c1-3-4-5-6-7-8-9-10-11-12-13-19-16(21)14-15(20)18(2)17(19)22/h14,20H,3-13H2,1-2H3. The number of aromatic hydroxyl groups is 1. The summed E-state index contributed by atoms with van der Waals surface area (Å²) in [7, 11) is 1.46. The number of rotatable bonds is 11. The van der Waals surface area contributed by atoms with Crippen molar-refractivity contribution in [2.24, 2.45) is 7.05 Å². The Labute approximate surface area is 132 Å². The second kappa shape index (κ2) is 10.2. The van der Waals surface area contributed by atoms with E-state index in [9.17, 15) is 14.7 Å². The van der Waals surface area contributed by atoms with E-state index in [-0.39, 0.29) is 5.88 Å². The Hall–Kier alpha value is -1.52. The van der Waals surface area contributed by atoms with Crippen molar-refractivity contribution >= 4 is 0 Å². The SMILES string of the molecule is CCCCCCCCCCCCn1c(=O)cc(O)n(C)c1=O. The average Bonchev–Trinajstić information content (AvgIpc) is 2.50. The number of nitrogens with zero attached hydrogens (tertiary/aromatic N) is 2. The Morgan fingerprint density at radius 3 is 1.95 bits per heavy atom. The molecule has 0 aliphatic heterocycles. The van der Waals surface area contributed by atoms with Crippen LogP contribution < -0.4 is 11.2 Å². The van der Waals surface area contributed by atoms with E-state index in [1.807, 2.05) is 0 Å². The zero-order valence-corrected chi connectivity index (χ0v) is 14.0. The fourth-order valence-corrected chi connectivity index (χ4v) is 2.62. The Kier molecular flexibility index (Phi) is 8.63. The summed E-state index contributed by atoms with van der Waals surface area (Å²) in [5, 5.41) is 9.40. The van der Waals surface area contributed by atoms with E-state index in [1.165, 1.54) is 56.6 Å². The third-order valence-electron chi connectivity index (χ3n) is 4.12. The molecule has 1 rings (SSSR count). The largest absolute Gasteiger partial charge is 0.494 e. The molecule has 0 aliphatic carbocycles. The molecule has 0 saturated heterocycles. The van der Waals surface area contributed by atoms with Gasteiger partial charge in [-0.15, -0.1) is 0 Å². The predicted molar refractivity (Wildman–Crippen MR) is 89.5 cm³/mol. The second-order valence-corrected chi connectivity index (χ2v) is 6.02. The zero-order valence-electron chi connectivity index (χ0n) is 14.0. The highest BCUT2D eigenvalue weighted by Crippen LogP contribution is 2.10. The van der Waals surface area contributed by atoms with Crippen molar-refractivity contribution in [3.8, 4) is 5.88 Å². The predicted octanol–water partition coefficient (Wildman–Crippen LogP) is 3.17. The quantitative estimate of drug-likeness (QED) is 0.638. The highest BCUT2D eigenvalue weighted by molar-refractivity contribution is 5.06. The molecule has 5 nitrogen and oxygen atoms in total. The third kappa shape index (κ3) is 6.08. The Morgan fingerprint density at radius 1 is 0.909 bits per heavy atom. The zero-order chi connectivity index (χ0) is 16.4. The molecule has 0 amide bonds. The summed E-state index contributed by atoms with van der Waals surface area (Å²) < 4.78 is 2.29. The van der Waals surface area contributed by atoms with E-state index in [1.54, 1.807) is 0 Å². The highest BCUT2D eigenvalue weighted by atomic mass is 16.3. The minimum atomic E-state index is -0.444. The van der Waals surface area contributed by atoms with Crippen molar-refractivity contribution in [2.45, 2.75) is 77.7 Å². The van der Waals surface area contributed by atoms with Crippen LogP contribution in [-0.2, 0) is 13.6 Å². The lowest BCUT2D eigenvalue weighted by Crippen LogP contribution is -2.38. The van der Waals surface area contributed by atoms with Crippen LogP contribution in [0, 0.1) is 0 Å². The molecule has 1 aromatic heterocycles. The molecule has 0 saturated carbocycles. The van der Waals surface area contributed by atoms with Gasteiger partial charge in [0.05, 0.1) is 6.07 Å². The molecule has 0 unspecified atom stereocenters. The van der Waals surface area contributed by atoms with Crippen LogP contribution in [0.4, 0.5) is 0 Å². The van der Waals surface area contributed by atoms with E-state index in [2.05, 4.69) is 6.92 Å². The number of aromatic nitrogens is 2. The summed E-state index contributed by atoms with van der Waals surface area (Å²) in [4.78, 5) is 23.6. The molecule has 0 aromatic carbocycles.